The van der Waals surface area contributed by atoms with E-state index in [-0.39, 0.29) is 5.91 Å². The quantitative estimate of drug-likeness (QED) is 0.577. The van der Waals surface area contributed by atoms with Crippen LogP contribution >= 0.6 is 0 Å². The van der Waals surface area contributed by atoms with Crippen molar-refractivity contribution < 1.29 is 9.53 Å². The van der Waals surface area contributed by atoms with Gasteiger partial charge in [0.1, 0.15) is 6.04 Å². The van der Waals surface area contributed by atoms with Crippen LogP contribution in [-0.4, -0.2) is 72.7 Å². The van der Waals surface area contributed by atoms with Crippen molar-refractivity contribution in [2.75, 3.05) is 39.4 Å². The van der Waals surface area contributed by atoms with Gasteiger partial charge in [-0.05, 0) is 35.1 Å². The van der Waals surface area contributed by atoms with Gasteiger partial charge in [-0.1, -0.05) is 67.8 Å². The van der Waals surface area contributed by atoms with Crippen molar-refractivity contribution >= 4 is 5.91 Å². The summed E-state index contributed by atoms with van der Waals surface area (Å²) in [6, 6.07) is 19.4. The third-order valence-corrected chi connectivity index (χ3v) is 8.29. The Morgan fingerprint density at radius 2 is 1.57 bits per heavy atom. The largest absolute Gasteiger partial charge is 0.378 e. The first-order valence-electron chi connectivity index (χ1n) is 13.7. The molecule has 1 aliphatic carbocycles. The Kier molecular flexibility index (Phi) is 8.21. The highest BCUT2D eigenvalue weighted by Gasteiger charge is 2.36. The van der Waals surface area contributed by atoms with Gasteiger partial charge in [0.05, 0.1) is 30.9 Å². The number of amides is 1. The fourth-order valence-corrected chi connectivity index (χ4v) is 5.69. The molecule has 0 radical (unpaired) electrons. The first-order chi connectivity index (χ1) is 18.0. The Bertz CT molecular complexity index is 1080. The van der Waals surface area contributed by atoms with Crippen molar-refractivity contribution in [2.45, 2.75) is 62.7 Å². The van der Waals surface area contributed by atoms with Crippen LogP contribution in [0.15, 0.2) is 48.5 Å². The van der Waals surface area contributed by atoms with Crippen molar-refractivity contribution in [1.29, 1.82) is 5.26 Å². The van der Waals surface area contributed by atoms with Gasteiger partial charge >= 0.3 is 0 Å². The van der Waals surface area contributed by atoms with E-state index in [1.807, 2.05) is 12.1 Å². The molecule has 196 valence electrons. The van der Waals surface area contributed by atoms with E-state index in [0.29, 0.717) is 25.3 Å². The molecule has 2 aromatic rings. The molecule has 2 heterocycles. The molecule has 0 aromatic heterocycles. The van der Waals surface area contributed by atoms with E-state index in [4.69, 9.17) is 10.5 Å². The highest BCUT2D eigenvalue weighted by molar-refractivity contribution is 5.86. The lowest BCUT2D eigenvalue weighted by atomic mass is 9.81. The van der Waals surface area contributed by atoms with Crippen LogP contribution in [0.2, 0.25) is 0 Å². The fourth-order valence-electron chi connectivity index (χ4n) is 5.69. The molecular formula is C30H39N5O2. The summed E-state index contributed by atoms with van der Waals surface area (Å²) in [4.78, 5) is 17.8. The Morgan fingerprint density at radius 1 is 0.973 bits per heavy atom. The van der Waals surface area contributed by atoms with E-state index in [9.17, 15) is 10.1 Å². The van der Waals surface area contributed by atoms with E-state index >= 15 is 0 Å². The minimum Gasteiger partial charge on any atom is -0.378 e. The first-order valence-corrected chi connectivity index (χ1v) is 13.7. The number of piperazine rings is 1. The molecule has 5 rings (SSSR count). The Hall–Kier alpha value is -2.76. The molecule has 37 heavy (non-hydrogen) atoms. The molecule has 0 unspecified atom stereocenters. The predicted molar refractivity (Wildman–Crippen MR) is 145 cm³/mol. The van der Waals surface area contributed by atoms with Crippen molar-refractivity contribution in [1.82, 2.24) is 15.1 Å². The number of benzene rings is 2. The van der Waals surface area contributed by atoms with Crippen molar-refractivity contribution in [2.24, 2.45) is 5.73 Å². The molecule has 1 saturated carbocycles. The fraction of sp³-hybridized carbons (Fsp3) is 0.533. The zero-order valence-corrected chi connectivity index (χ0v) is 21.7. The number of nitrogens with one attached hydrogen (secondary N) is 1. The van der Waals surface area contributed by atoms with E-state index in [0.717, 1.165) is 76.3 Å². The van der Waals surface area contributed by atoms with E-state index in [1.165, 1.54) is 11.1 Å². The van der Waals surface area contributed by atoms with Crippen LogP contribution in [0, 0.1) is 11.3 Å². The second-order valence-electron chi connectivity index (χ2n) is 11.0. The minimum atomic E-state index is -0.830. The Labute approximate surface area is 220 Å². The van der Waals surface area contributed by atoms with Crippen LogP contribution in [0.25, 0.3) is 11.1 Å². The topological polar surface area (TPSA) is 94.6 Å². The van der Waals surface area contributed by atoms with Gasteiger partial charge in [0.15, 0.2) is 0 Å². The molecule has 2 saturated heterocycles. The lowest BCUT2D eigenvalue weighted by Gasteiger charge is -2.42. The van der Waals surface area contributed by atoms with E-state index in [1.54, 1.807) is 0 Å². The van der Waals surface area contributed by atoms with Crippen LogP contribution < -0.4 is 11.1 Å². The maximum atomic E-state index is 12.7. The van der Waals surface area contributed by atoms with E-state index < -0.39 is 11.6 Å². The molecule has 2 aliphatic heterocycles. The zero-order valence-electron chi connectivity index (χ0n) is 21.7. The van der Waals surface area contributed by atoms with Gasteiger partial charge < -0.3 is 15.8 Å². The summed E-state index contributed by atoms with van der Waals surface area (Å²) < 4.78 is 5.34. The van der Waals surface area contributed by atoms with Gasteiger partial charge in [-0.25, -0.2) is 0 Å². The zero-order chi connectivity index (χ0) is 25.7. The molecule has 3 N–H and O–H groups in total. The summed E-state index contributed by atoms with van der Waals surface area (Å²) in [5.41, 5.74) is 10.2. The molecule has 2 aromatic carbocycles. The van der Waals surface area contributed by atoms with Gasteiger partial charge in [0, 0.05) is 39.1 Å². The summed E-state index contributed by atoms with van der Waals surface area (Å²) in [7, 11) is 0. The van der Waals surface area contributed by atoms with Crippen molar-refractivity contribution in [3.63, 3.8) is 0 Å². The standard InChI is InChI=1S/C30H39N5O2/c31-19-27(33-29(36)30(32)12-2-1-3-13-30)18-23-4-8-25(9-5-23)26-10-6-24(7-11-26)20-34-14-16-35(17-15-34)28-21-37-22-28/h4-11,27-28H,1-3,12-18,20-22,32H2,(H,33,36)/t27-/m0/s1. The van der Waals surface area contributed by atoms with Crippen LogP contribution in [0.5, 0.6) is 0 Å². The van der Waals surface area contributed by atoms with Crippen LogP contribution in [0.3, 0.4) is 0 Å². The highest BCUT2D eigenvalue weighted by atomic mass is 16.5. The van der Waals surface area contributed by atoms with Gasteiger partial charge in [0.25, 0.3) is 0 Å². The van der Waals surface area contributed by atoms with Crippen molar-refractivity contribution in [3.8, 4) is 17.2 Å². The smallest absolute Gasteiger partial charge is 0.241 e. The predicted octanol–water partition coefficient (Wildman–Crippen LogP) is 3.08. The molecule has 1 atom stereocenters. The number of ether oxygens (including phenoxy) is 1. The number of nitrogens with two attached hydrogens (primary N) is 1. The van der Waals surface area contributed by atoms with Gasteiger partial charge in [0.2, 0.25) is 5.91 Å². The molecule has 7 heteroatoms. The highest BCUT2D eigenvalue weighted by Crippen LogP contribution is 2.26. The van der Waals surface area contributed by atoms with Crippen LogP contribution in [-0.2, 0) is 22.5 Å². The minimum absolute atomic E-state index is 0.190. The molecule has 0 bridgehead atoms. The number of nitrogens with zero attached hydrogens (tertiary/aromatic N) is 3. The molecule has 3 aliphatic rings. The molecule has 7 nitrogen and oxygen atoms in total. The average molecular weight is 502 g/mol. The second-order valence-corrected chi connectivity index (χ2v) is 11.0. The number of carbonyl (C=O) groups is 1. The number of nitriles is 1. The van der Waals surface area contributed by atoms with Crippen LogP contribution in [0.1, 0.15) is 43.2 Å². The monoisotopic (exact) mass is 501 g/mol. The first kappa shape index (κ1) is 25.9. The number of rotatable bonds is 8. The van der Waals surface area contributed by atoms with Crippen LogP contribution in [0.4, 0.5) is 0 Å². The lowest BCUT2D eigenvalue weighted by Crippen LogP contribution is -2.57. The van der Waals surface area contributed by atoms with Gasteiger partial charge in [-0.15, -0.1) is 0 Å². The third-order valence-electron chi connectivity index (χ3n) is 8.29. The Balaban J connectivity index is 1.12. The summed E-state index contributed by atoms with van der Waals surface area (Å²) in [5.74, 6) is -0.190. The summed E-state index contributed by atoms with van der Waals surface area (Å²) >= 11 is 0. The van der Waals surface area contributed by atoms with Crippen molar-refractivity contribution in [3.05, 3.63) is 59.7 Å². The average Bonchev–Trinajstić information content (AvgIpc) is 2.90. The molecule has 0 spiro atoms. The summed E-state index contributed by atoms with van der Waals surface area (Å²) in [6.07, 6.45) is 4.92. The maximum Gasteiger partial charge on any atom is 0.241 e. The SMILES string of the molecule is N#C[C@H](Cc1ccc(-c2ccc(CN3CCN(C4COC4)CC3)cc2)cc1)NC(=O)C1(N)CCCCC1. The second kappa shape index (κ2) is 11.7. The molecule has 1 amide bonds. The molecule has 3 fully saturated rings. The lowest BCUT2D eigenvalue weighted by molar-refractivity contribution is -0.127. The molecular weight excluding hydrogens is 462 g/mol. The third kappa shape index (κ3) is 6.39. The number of carbonyl (C=O) groups excluding carboxylic acids is 1. The maximum absolute atomic E-state index is 12.7. The summed E-state index contributed by atoms with van der Waals surface area (Å²) in [6.45, 7) is 7.25. The van der Waals surface area contributed by atoms with Gasteiger partial charge in [-0.3, -0.25) is 14.6 Å². The Morgan fingerprint density at radius 3 is 2.11 bits per heavy atom. The normalized spacial score (nSPS) is 21.5. The number of hydrogen-bond donors (Lipinski definition) is 2. The van der Waals surface area contributed by atoms with E-state index in [2.05, 4.69) is 57.6 Å². The van der Waals surface area contributed by atoms with Gasteiger partial charge in [-0.2, -0.15) is 5.26 Å². The number of hydrogen-bond acceptors (Lipinski definition) is 6. The summed E-state index contributed by atoms with van der Waals surface area (Å²) in [5, 5.41) is 12.5.